The normalized spacial score (nSPS) is 36.6. The van der Waals surface area contributed by atoms with Crippen LogP contribution in [0.4, 0.5) is 0 Å². The van der Waals surface area contributed by atoms with E-state index in [1.807, 2.05) is 0 Å². The Morgan fingerprint density at radius 1 is 0.484 bits per heavy atom. The van der Waals surface area contributed by atoms with Gasteiger partial charge in [0.05, 0.1) is 0 Å². The van der Waals surface area contributed by atoms with Gasteiger partial charge in [0.1, 0.15) is 0 Å². The zero-order valence-corrected chi connectivity index (χ0v) is 21.8. The van der Waals surface area contributed by atoms with Crippen molar-refractivity contribution < 1.29 is 0 Å². The van der Waals surface area contributed by atoms with Crippen LogP contribution in [0, 0.1) is 35.5 Å². The van der Waals surface area contributed by atoms with Gasteiger partial charge in [-0.15, -0.1) is 0 Å². The Bertz CT molecular complexity index is 374. The third-order valence-corrected chi connectivity index (χ3v) is 9.10. The molecule has 0 heterocycles. The number of unbranched alkanes of at least 4 members (excludes halogenated alkanes) is 4. The molecule has 0 bridgehead atoms. The summed E-state index contributed by atoms with van der Waals surface area (Å²) in [4.78, 5) is 0. The van der Waals surface area contributed by atoms with Gasteiger partial charge in [0.25, 0.3) is 0 Å². The quantitative estimate of drug-likeness (QED) is 0.290. The van der Waals surface area contributed by atoms with E-state index < -0.39 is 0 Å². The molecular weight excluding hydrogens is 376 g/mol. The van der Waals surface area contributed by atoms with Gasteiger partial charge in [-0.3, -0.25) is 0 Å². The van der Waals surface area contributed by atoms with Gasteiger partial charge in [0.15, 0.2) is 0 Å². The molecule has 0 spiro atoms. The Morgan fingerprint density at radius 2 is 0.742 bits per heavy atom. The van der Waals surface area contributed by atoms with Crippen LogP contribution in [0.15, 0.2) is 0 Å². The molecule has 0 saturated heterocycles. The Labute approximate surface area is 196 Å². The first-order valence-electron chi connectivity index (χ1n) is 14.5. The highest BCUT2D eigenvalue weighted by Crippen LogP contribution is 2.45. The minimum Gasteiger partial charge on any atom is -0.327 e. The van der Waals surface area contributed by atoms with E-state index in [9.17, 15) is 0 Å². The fraction of sp³-hybridized carbons (Fsp3) is 1.00. The SMILES string of the molecule is CCCCC1CC(CC2CC(CCCC)C(N)C(CCCC)C2)CC(CCCC)C1N. The molecule has 4 N–H and O–H groups in total. The third kappa shape index (κ3) is 8.65. The Hall–Kier alpha value is -0.0800. The first kappa shape index (κ1) is 27.2. The van der Waals surface area contributed by atoms with Crippen molar-refractivity contribution in [2.24, 2.45) is 47.0 Å². The summed E-state index contributed by atoms with van der Waals surface area (Å²) in [6.07, 6.45) is 23.3. The van der Waals surface area contributed by atoms with Crippen LogP contribution in [-0.4, -0.2) is 12.1 Å². The zero-order valence-electron chi connectivity index (χ0n) is 21.8. The van der Waals surface area contributed by atoms with Gasteiger partial charge in [-0.1, -0.05) is 79.1 Å². The van der Waals surface area contributed by atoms with Crippen LogP contribution in [0.2, 0.25) is 0 Å². The van der Waals surface area contributed by atoms with Gasteiger partial charge < -0.3 is 11.5 Å². The molecule has 2 heteroatoms. The lowest BCUT2D eigenvalue weighted by atomic mass is 9.63. The molecule has 2 nitrogen and oxygen atoms in total. The average Bonchev–Trinajstić information content (AvgIpc) is 2.77. The molecule has 2 aliphatic carbocycles. The second-order valence-electron chi connectivity index (χ2n) is 11.7. The van der Waals surface area contributed by atoms with E-state index in [1.54, 1.807) is 0 Å². The van der Waals surface area contributed by atoms with Crippen molar-refractivity contribution in [2.45, 2.75) is 149 Å². The van der Waals surface area contributed by atoms with Crippen molar-refractivity contribution in [3.8, 4) is 0 Å². The summed E-state index contributed by atoms with van der Waals surface area (Å²) in [6.45, 7) is 9.33. The van der Waals surface area contributed by atoms with Gasteiger partial charge in [0.2, 0.25) is 0 Å². The predicted molar refractivity (Wildman–Crippen MR) is 138 cm³/mol. The van der Waals surface area contributed by atoms with Crippen molar-refractivity contribution in [3.63, 3.8) is 0 Å². The smallest absolute Gasteiger partial charge is 0.00958 e. The molecule has 0 aromatic rings. The molecule has 2 saturated carbocycles. The summed E-state index contributed by atoms with van der Waals surface area (Å²) in [5, 5.41) is 0. The number of hydrogen-bond acceptors (Lipinski definition) is 2. The summed E-state index contributed by atoms with van der Waals surface area (Å²) in [6, 6.07) is 0.924. The molecule has 4 atom stereocenters. The highest BCUT2D eigenvalue weighted by molar-refractivity contribution is 4.93. The maximum Gasteiger partial charge on any atom is 0.00958 e. The lowest BCUT2D eigenvalue weighted by molar-refractivity contribution is 0.0863. The molecule has 0 aromatic carbocycles. The summed E-state index contributed by atoms with van der Waals surface area (Å²) >= 11 is 0. The van der Waals surface area contributed by atoms with Crippen molar-refractivity contribution in [1.29, 1.82) is 0 Å². The van der Waals surface area contributed by atoms with Crippen molar-refractivity contribution in [3.05, 3.63) is 0 Å². The largest absolute Gasteiger partial charge is 0.327 e. The molecule has 31 heavy (non-hydrogen) atoms. The summed E-state index contributed by atoms with van der Waals surface area (Å²) < 4.78 is 0. The second-order valence-corrected chi connectivity index (χ2v) is 11.7. The van der Waals surface area contributed by atoms with E-state index in [4.69, 9.17) is 11.5 Å². The third-order valence-electron chi connectivity index (χ3n) is 9.10. The minimum atomic E-state index is 0.462. The summed E-state index contributed by atoms with van der Waals surface area (Å²) in [5.74, 6) is 4.94. The molecule has 4 unspecified atom stereocenters. The van der Waals surface area contributed by atoms with Crippen LogP contribution < -0.4 is 11.5 Å². The average molecular weight is 435 g/mol. The molecule has 2 aliphatic rings. The van der Waals surface area contributed by atoms with Crippen molar-refractivity contribution >= 4 is 0 Å². The van der Waals surface area contributed by atoms with E-state index in [0.717, 1.165) is 35.5 Å². The van der Waals surface area contributed by atoms with Gasteiger partial charge in [-0.05, 0) is 93.3 Å². The number of hydrogen-bond donors (Lipinski definition) is 2. The van der Waals surface area contributed by atoms with E-state index >= 15 is 0 Å². The maximum absolute atomic E-state index is 6.86. The molecular formula is C29H58N2. The molecule has 2 fully saturated rings. The van der Waals surface area contributed by atoms with Crippen LogP contribution in [-0.2, 0) is 0 Å². The molecule has 0 aliphatic heterocycles. The fourth-order valence-corrected chi connectivity index (χ4v) is 7.27. The summed E-state index contributed by atoms with van der Waals surface area (Å²) in [5.41, 5.74) is 13.7. The lowest BCUT2D eigenvalue weighted by Gasteiger charge is -2.45. The lowest BCUT2D eigenvalue weighted by Crippen LogP contribution is -2.46. The summed E-state index contributed by atoms with van der Waals surface area (Å²) in [7, 11) is 0. The van der Waals surface area contributed by atoms with E-state index in [1.165, 1.54) is 109 Å². The van der Waals surface area contributed by atoms with Gasteiger partial charge in [-0.25, -0.2) is 0 Å². The molecule has 184 valence electrons. The number of nitrogens with two attached hydrogens (primary N) is 2. The van der Waals surface area contributed by atoms with E-state index in [2.05, 4.69) is 27.7 Å². The zero-order chi connectivity index (χ0) is 22.6. The first-order chi connectivity index (χ1) is 15.0. The van der Waals surface area contributed by atoms with Crippen LogP contribution >= 0.6 is 0 Å². The topological polar surface area (TPSA) is 52.0 Å². The first-order valence-corrected chi connectivity index (χ1v) is 14.5. The number of rotatable bonds is 14. The standard InChI is InChI=1S/C29H58N2/c1-5-9-13-24-18-22(19-25(28(24)30)14-10-6-2)17-23-20-26(15-11-7-3)29(31)27(21-23)16-12-8-4/h22-29H,5-21,30-31H2,1-4H3. The molecule has 0 radical (unpaired) electrons. The Balaban J connectivity index is 2.03. The minimum absolute atomic E-state index is 0.462. The van der Waals surface area contributed by atoms with Crippen LogP contribution in [0.3, 0.4) is 0 Å². The molecule has 2 rings (SSSR count). The van der Waals surface area contributed by atoms with Gasteiger partial charge >= 0.3 is 0 Å². The second kappa shape index (κ2) is 14.9. The Morgan fingerprint density at radius 3 is 0.968 bits per heavy atom. The van der Waals surface area contributed by atoms with Gasteiger partial charge in [-0.2, -0.15) is 0 Å². The van der Waals surface area contributed by atoms with Crippen LogP contribution in [0.1, 0.15) is 137 Å². The van der Waals surface area contributed by atoms with Crippen LogP contribution in [0.5, 0.6) is 0 Å². The molecule has 0 aromatic heterocycles. The fourth-order valence-electron chi connectivity index (χ4n) is 7.27. The van der Waals surface area contributed by atoms with Gasteiger partial charge in [0, 0.05) is 12.1 Å². The maximum atomic E-state index is 6.86. The van der Waals surface area contributed by atoms with E-state index in [-0.39, 0.29) is 0 Å². The van der Waals surface area contributed by atoms with Crippen molar-refractivity contribution in [2.75, 3.05) is 0 Å². The highest BCUT2D eigenvalue weighted by Gasteiger charge is 2.39. The van der Waals surface area contributed by atoms with Crippen LogP contribution in [0.25, 0.3) is 0 Å². The predicted octanol–water partition coefficient (Wildman–Crippen LogP) is 8.08. The van der Waals surface area contributed by atoms with E-state index in [0.29, 0.717) is 12.1 Å². The van der Waals surface area contributed by atoms with Crippen molar-refractivity contribution in [1.82, 2.24) is 0 Å². The molecule has 0 amide bonds. The Kier molecular flexibility index (Phi) is 13.1. The monoisotopic (exact) mass is 434 g/mol. The highest BCUT2D eigenvalue weighted by atomic mass is 14.7.